The number of alkyl halides is 1. The Labute approximate surface area is 109 Å². The molecule has 3 heteroatoms. The van der Waals surface area contributed by atoms with E-state index in [2.05, 4.69) is 53.5 Å². The van der Waals surface area contributed by atoms with Crippen LogP contribution in [0.4, 0.5) is 0 Å². The van der Waals surface area contributed by atoms with Crippen LogP contribution in [0.25, 0.3) is 0 Å². The minimum atomic E-state index is 0.704. The summed E-state index contributed by atoms with van der Waals surface area (Å²) in [7, 11) is 2.25. The summed E-state index contributed by atoms with van der Waals surface area (Å²) in [4.78, 5) is 5.14. The highest BCUT2D eigenvalue weighted by Gasteiger charge is 2.26. The van der Waals surface area contributed by atoms with Crippen molar-refractivity contribution in [2.24, 2.45) is 5.92 Å². The van der Waals surface area contributed by atoms with Crippen LogP contribution in [-0.4, -0.2) is 53.9 Å². The van der Waals surface area contributed by atoms with E-state index in [1.54, 1.807) is 0 Å². The van der Waals surface area contributed by atoms with Gasteiger partial charge in [0.05, 0.1) is 0 Å². The Kier molecular flexibility index (Phi) is 6.30. The van der Waals surface area contributed by atoms with Crippen LogP contribution in [0.2, 0.25) is 0 Å². The summed E-state index contributed by atoms with van der Waals surface area (Å²) in [6, 6.07) is 1.41. The van der Waals surface area contributed by atoms with E-state index in [0.717, 1.165) is 11.2 Å². The van der Waals surface area contributed by atoms with E-state index < -0.39 is 0 Å². The fourth-order valence-electron chi connectivity index (χ4n) is 2.43. The average molecular weight is 291 g/mol. The van der Waals surface area contributed by atoms with E-state index in [-0.39, 0.29) is 0 Å². The first kappa shape index (κ1) is 14.5. The van der Waals surface area contributed by atoms with Crippen molar-refractivity contribution < 1.29 is 0 Å². The van der Waals surface area contributed by atoms with Gasteiger partial charge in [0.25, 0.3) is 0 Å². The molecule has 0 spiro atoms. The summed E-state index contributed by atoms with van der Waals surface area (Å²) in [6.45, 7) is 10.8. The maximum absolute atomic E-state index is 3.52. The molecule has 3 unspecified atom stereocenters. The third kappa shape index (κ3) is 4.34. The molecule has 1 rings (SSSR count). The lowest BCUT2D eigenvalue weighted by Crippen LogP contribution is -2.55. The van der Waals surface area contributed by atoms with Gasteiger partial charge in [0.2, 0.25) is 0 Å². The van der Waals surface area contributed by atoms with Crippen molar-refractivity contribution in [1.82, 2.24) is 9.80 Å². The Morgan fingerprint density at radius 3 is 2.25 bits per heavy atom. The third-order valence-corrected chi connectivity index (χ3v) is 4.43. The number of piperazine rings is 1. The lowest BCUT2D eigenvalue weighted by molar-refractivity contribution is 0.0571. The first-order chi connectivity index (χ1) is 7.54. The van der Waals surface area contributed by atoms with E-state index >= 15 is 0 Å². The lowest BCUT2D eigenvalue weighted by atomic mass is 10.0. The minimum absolute atomic E-state index is 0.704. The largest absolute Gasteiger partial charge is 0.300 e. The van der Waals surface area contributed by atoms with Gasteiger partial charge in [-0.15, -0.1) is 0 Å². The second-order valence-electron chi connectivity index (χ2n) is 5.49. The summed E-state index contributed by atoms with van der Waals surface area (Å²) in [5.74, 6) is 0.852. The van der Waals surface area contributed by atoms with E-state index in [0.29, 0.717) is 12.1 Å². The van der Waals surface area contributed by atoms with Crippen LogP contribution >= 0.6 is 15.9 Å². The maximum atomic E-state index is 3.52. The van der Waals surface area contributed by atoms with Crippen LogP contribution in [0.5, 0.6) is 0 Å². The smallest absolute Gasteiger partial charge is 0.0195 e. The van der Waals surface area contributed by atoms with E-state index in [4.69, 9.17) is 0 Å². The summed E-state index contributed by atoms with van der Waals surface area (Å²) in [6.07, 6.45) is 2.65. The molecule has 1 saturated heterocycles. The second kappa shape index (κ2) is 6.97. The SMILES string of the molecule is CC(CCBr)CCN1CC(C)N(C)C(C)C1. The summed E-state index contributed by atoms with van der Waals surface area (Å²) in [5, 5.41) is 1.14. The van der Waals surface area contributed by atoms with Crippen LogP contribution in [0.1, 0.15) is 33.6 Å². The van der Waals surface area contributed by atoms with Crippen LogP contribution < -0.4 is 0 Å². The van der Waals surface area contributed by atoms with Crippen molar-refractivity contribution in [3.05, 3.63) is 0 Å². The van der Waals surface area contributed by atoms with E-state index in [1.807, 2.05) is 0 Å². The van der Waals surface area contributed by atoms with Gasteiger partial charge < -0.3 is 4.90 Å². The summed E-state index contributed by atoms with van der Waals surface area (Å²) >= 11 is 3.52. The standard InChI is InChI=1S/C13H27BrN2/c1-11(5-7-14)6-8-16-9-12(2)15(4)13(3)10-16/h11-13H,5-10H2,1-4H3. The van der Waals surface area contributed by atoms with E-state index in [1.165, 1.54) is 32.5 Å². The van der Waals surface area contributed by atoms with Crippen molar-refractivity contribution in [1.29, 1.82) is 0 Å². The zero-order chi connectivity index (χ0) is 12.1. The monoisotopic (exact) mass is 290 g/mol. The normalized spacial score (nSPS) is 30.6. The van der Waals surface area contributed by atoms with Gasteiger partial charge in [-0.05, 0) is 46.2 Å². The molecule has 16 heavy (non-hydrogen) atoms. The Balaban J connectivity index is 2.28. The first-order valence-electron chi connectivity index (χ1n) is 6.54. The Hall–Kier alpha value is 0.400. The molecule has 1 heterocycles. The molecule has 1 fully saturated rings. The number of nitrogens with zero attached hydrogens (tertiary/aromatic N) is 2. The third-order valence-electron chi connectivity index (χ3n) is 3.98. The molecule has 0 N–H and O–H groups in total. The number of rotatable bonds is 5. The summed E-state index contributed by atoms with van der Waals surface area (Å²) in [5.41, 5.74) is 0. The molecule has 2 nitrogen and oxygen atoms in total. The van der Waals surface area contributed by atoms with Crippen molar-refractivity contribution in [3.8, 4) is 0 Å². The number of halogens is 1. The molecule has 1 aliphatic heterocycles. The van der Waals surface area contributed by atoms with Gasteiger partial charge in [-0.25, -0.2) is 0 Å². The van der Waals surface area contributed by atoms with Crippen LogP contribution in [0.3, 0.4) is 0 Å². The zero-order valence-corrected chi connectivity index (χ0v) is 12.8. The molecule has 0 amide bonds. The topological polar surface area (TPSA) is 6.48 Å². The fraction of sp³-hybridized carbons (Fsp3) is 1.00. The quantitative estimate of drug-likeness (QED) is 0.719. The van der Waals surface area contributed by atoms with Crippen LogP contribution in [0.15, 0.2) is 0 Å². The Bertz CT molecular complexity index is 186. The molecule has 0 radical (unpaired) electrons. The predicted molar refractivity (Wildman–Crippen MR) is 75.3 cm³/mol. The molecule has 0 saturated carbocycles. The Morgan fingerprint density at radius 2 is 1.75 bits per heavy atom. The van der Waals surface area contributed by atoms with Gasteiger partial charge >= 0.3 is 0 Å². The van der Waals surface area contributed by atoms with Gasteiger partial charge in [-0.2, -0.15) is 0 Å². The molecular formula is C13H27BrN2. The molecule has 0 aromatic heterocycles. The van der Waals surface area contributed by atoms with E-state index in [9.17, 15) is 0 Å². The number of hydrogen-bond donors (Lipinski definition) is 0. The van der Waals surface area contributed by atoms with Gasteiger partial charge in [0, 0.05) is 30.5 Å². The van der Waals surface area contributed by atoms with Crippen molar-refractivity contribution in [3.63, 3.8) is 0 Å². The molecular weight excluding hydrogens is 264 g/mol. The number of hydrogen-bond acceptors (Lipinski definition) is 2. The van der Waals surface area contributed by atoms with Gasteiger partial charge in [-0.1, -0.05) is 22.9 Å². The maximum Gasteiger partial charge on any atom is 0.0195 e. The molecule has 0 aliphatic carbocycles. The lowest BCUT2D eigenvalue weighted by Gasteiger charge is -2.42. The number of likely N-dealkylation sites (N-methyl/N-ethyl adjacent to an activating group) is 1. The second-order valence-corrected chi connectivity index (χ2v) is 6.29. The van der Waals surface area contributed by atoms with Gasteiger partial charge in [-0.3, -0.25) is 4.90 Å². The van der Waals surface area contributed by atoms with Gasteiger partial charge in [0.1, 0.15) is 0 Å². The van der Waals surface area contributed by atoms with Crippen LogP contribution in [-0.2, 0) is 0 Å². The molecule has 1 aliphatic rings. The fourth-order valence-corrected chi connectivity index (χ4v) is 3.21. The van der Waals surface area contributed by atoms with Crippen molar-refractivity contribution in [2.45, 2.75) is 45.7 Å². The molecule has 0 bridgehead atoms. The Morgan fingerprint density at radius 1 is 1.19 bits per heavy atom. The van der Waals surface area contributed by atoms with Crippen molar-refractivity contribution >= 4 is 15.9 Å². The van der Waals surface area contributed by atoms with Gasteiger partial charge in [0.15, 0.2) is 0 Å². The van der Waals surface area contributed by atoms with Crippen molar-refractivity contribution in [2.75, 3.05) is 32.0 Å². The minimum Gasteiger partial charge on any atom is -0.300 e. The molecule has 3 atom stereocenters. The highest BCUT2D eigenvalue weighted by atomic mass is 79.9. The molecule has 96 valence electrons. The zero-order valence-electron chi connectivity index (χ0n) is 11.2. The average Bonchev–Trinajstić information content (AvgIpc) is 2.23. The highest BCUT2D eigenvalue weighted by molar-refractivity contribution is 9.09. The highest BCUT2D eigenvalue weighted by Crippen LogP contribution is 2.16. The molecule has 0 aromatic carbocycles. The van der Waals surface area contributed by atoms with Crippen LogP contribution in [0, 0.1) is 5.92 Å². The first-order valence-corrected chi connectivity index (χ1v) is 7.67. The molecule has 0 aromatic rings. The predicted octanol–water partition coefficient (Wildman–Crippen LogP) is 2.82. The summed E-state index contributed by atoms with van der Waals surface area (Å²) < 4.78 is 0.